The SMILES string of the molecule is COCCN1CC(CNS(=O)(=O)c2cc(Cl)c(OC)cc2Cl)CC1=O. The number of nitrogens with one attached hydrogen (secondary N) is 1. The van der Waals surface area contributed by atoms with Crippen molar-refractivity contribution in [3.05, 3.63) is 22.2 Å². The molecule has 0 aliphatic carbocycles. The number of sulfonamides is 1. The third-order valence-corrected chi connectivity index (χ3v) is 6.10. The highest BCUT2D eigenvalue weighted by Crippen LogP contribution is 2.33. The largest absolute Gasteiger partial charge is 0.495 e. The van der Waals surface area contributed by atoms with E-state index in [1.54, 1.807) is 12.0 Å². The second kappa shape index (κ2) is 8.55. The summed E-state index contributed by atoms with van der Waals surface area (Å²) in [6.07, 6.45) is 0.295. The van der Waals surface area contributed by atoms with E-state index in [2.05, 4.69) is 4.72 Å². The van der Waals surface area contributed by atoms with E-state index in [4.69, 9.17) is 32.7 Å². The predicted molar refractivity (Wildman–Crippen MR) is 94.8 cm³/mol. The van der Waals surface area contributed by atoms with Gasteiger partial charge in [0.1, 0.15) is 10.6 Å². The Morgan fingerprint density at radius 2 is 2.00 bits per heavy atom. The van der Waals surface area contributed by atoms with Gasteiger partial charge < -0.3 is 14.4 Å². The number of nitrogens with zero attached hydrogens (tertiary/aromatic N) is 1. The molecule has 1 aliphatic heterocycles. The third kappa shape index (κ3) is 4.98. The van der Waals surface area contributed by atoms with Gasteiger partial charge >= 0.3 is 0 Å². The Bertz CT molecular complexity index is 742. The first-order valence-electron chi connectivity index (χ1n) is 7.58. The van der Waals surface area contributed by atoms with Crippen molar-refractivity contribution >= 4 is 39.1 Å². The molecule has 1 saturated heterocycles. The van der Waals surface area contributed by atoms with Gasteiger partial charge in [0.25, 0.3) is 0 Å². The molecule has 0 saturated carbocycles. The van der Waals surface area contributed by atoms with Crippen molar-refractivity contribution in [2.45, 2.75) is 11.3 Å². The molecule has 7 nitrogen and oxygen atoms in total. The maximum absolute atomic E-state index is 12.5. The molecule has 0 radical (unpaired) electrons. The number of rotatable bonds is 8. The zero-order valence-corrected chi connectivity index (χ0v) is 16.2. The van der Waals surface area contributed by atoms with Crippen molar-refractivity contribution in [1.82, 2.24) is 9.62 Å². The van der Waals surface area contributed by atoms with Gasteiger partial charge in [-0.25, -0.2) is 13.1 Å². The standard InChI is InChI=1S/C15H20Cl2N2O5S/c1-23-4-3-19-9-10(5-15(19)20)8-18-25(21,22)14-7-11(16)13(24-2)6-12(14)17/h6-7,10,18H,3-5,8-9H2,1-2H3. The molecule has 1 unspecified atom stereocenters. The number of halogens is 2. The Labute approximate surface area is 157 Å². The smallest absolute Gasteiger partial charge is 0.242 e. The van der Waals surface area contributed by atoms with Gasteiger partial charge in [-0.2, -0.15) is 0 Å². The van der Waals surface area contributed by atoms with Crippen molar-refractivity contribution < 1.29 is 22.7 Å². The first-order valence-corrected chi connectivity index (χ1v) is 9.81. The second-order valence-corrected chi connectivity index (χ2v) is 8.22. The molecule has 1 aromatic rings. The van der Waals surface area contributed by atoms with Gasteiger partial charge in [-0.05, 0) is 12.0 Å². The van der Waals surface area contributed by atoms with Gasteiger partial charge in [-0.3, -0.25) is 4.79 Å². The number of methoxy groups -OCH3 is 2. The summed E-state index contributed by atoms with van der Waals surface area (Å²) in [5, 5.41) is 0.159. The third-order valence-electron chi connectivity index (χ3n) is 3.92. The number of hydrogen-bond acceptors (Lipinski definition) is 5. The monoisotopic (exact) mass is 410 g/mol. The zero-order valence-electron chi connectivity index (χ0n) is 13.9. The van der Waals surface area contributed by atoms with E-state index < -0.39 is 10.0 Å². The van der Waals surface area contributed by atoms with Crippen molar-refractivity contribution in [3.8, 4) is 5.75 Å². The number of benzene rings is 1. The van der Waals surface area contributed by atoms with Crippen LogP contribution in [0.3, 0.4) is 0 Å². The number of likely N-dealkylation sites (tertiary alicyclic amines) is 1. The average Bonchev–Trinajstić information content (AvgIpc) is 2.92. The molecule has 140 valence electrons. The number of carbonyl (C=O) groups excluding carboxylic acids is 1. The minimum atomic E-state index is -3.85. The molecule has 1 amide bonds. The molecule has 1 aromatic carbocycles. The average molecular weight is 411 g/mol. The Morgan fingerprint density at radius 3 is 2.64 bits per heavy atom. The van der Waals surface area contributed by atoms with Crippen LogP contribution in [0.2, 0.25) is 10.0 Å². The zero-order chi connectivity index (χ0) is 18.6. The highest BCUT2D eigenvalue weighted by atomic mass is 35.5. The van der Waals surface area contributed by atoms with Crippen LogP contribution in [-0.4, -0.2) is 59.7 Å². The summed E-state index contributed by atoms with van der Waals surface area (Å²) in [5.74, 6) is 0.180. The Hall–Kier alpha value is -1.06. The number of amides is 1. The van der Waals surface area contributed by atoms with Crippen molar-refractivity contribution in [1.29, 1.82) is 0 Å². The van der Waals surface area contributed by atoms with Crippen LogP contribution in [-0.2, 0) is 19.6 Å². The summed E-state index contributed by atoms with van der Waals surface area (Å²) in [6, 6.07) is 2.60. The summed E-state index contributed by atoms with van der Waals surface area (Å²) in [5.41, 5.74) is 0. The maximum Gasteiger partial charge on any atom is 0.242 e. The van der Waals surface area contributed by atoms with Crippen LogP contribution in [0.5, 0.6) is 5.75 Å². The van der Waals surface area contributed by atoms with E-state index in [9.17, 15) is 13.2 Å². The minimum Gasteiger partial charge on any atom is -0.495 e. The van der Waals surface area contributed by atoms with Gasteiger partial charge in [0, 0.05) is 39.2 Å². The van der Waals surface area contributed by atoms with E-state index in [0.29, 0.717) is 31.9 Å². The van der Waals surface area contributed by atoms with Gasteiger partial charge in [-0.1, -0.05) is 23.2 Å². The molecule has 1 fully saturated rings. The summed E-state index contributed by atoms with van der Waals surface area (Å²) in [6.45, 7) is 1.57. The molecule has 2 rings (SSSR count). The highest BCUT2D eigenvalue weighted by molar-refractivity contribution is 7.89. The quantitative estimate of drug-likeness (QED) is 0.705. The lowest BCUT2D eigenvalue weighted by atomic mass is 10.1. The normalized spacial score (nSPS) is 18.0. The number of carbonyl (C=O) groups is 1. The molecule has 1 heterocycles. The lowest BCUT2D eigenvalue weighted by Crippen LogP contribution is -2.32. The minimum absolute atomic E-state index is 0.00762. The second-order valence-electron chi connectivity index (χ2n) is 5.67. The predicted octanol–water partition coefficient (Wildman–Crippen LogP) is 1.78. The fourth-order valence-electron chi connectivity index (χ4n) is 2.59. The van der Waals surface area contributed by atoms with Crippen molar-refractivity contribution in [2.75, 3.05) is 40.5 Å². The Kier molecular flexibility index (Phi) is 6.93. The van der Waals surface area contributed by atoms with E-state index in [0.717, 1.165) is 0 Å². The van der Waals surface area contributed by atoms with Crippen molar-refractivity contribution in [3.63, 3.8) is 0 Å². The topological polar surface area (TPSA) is 84.9 Å². The van der Waals surface area contributed by atoms with Crippen LogP contribution in [0, 0.1) is 5.92 Å². The van der Waals surface area contributed by atoms with E-state index in [-0.39, 0.29) is 33.3 Å². The molecule has 0 bridgehead atoms. The lowest BCUT2D eigenvalue weighted by Gasteiger charge is -2.16. The number of ether oxygens (including phenoxy) is 2. The Morgan fingerprint density at radius 1 is 1.28 bits per heavy atom. The van der Waals surface area contributed by atoms with Crippen LogP contribution in [0.1, 0.15) is 6.42 Å². The molecule has 1 N–H and O–H groups in total. The molecule has 0 aromatic heterocycles. The molecular weight excluding hydrogens is 391 g/mol. The summed E-state index contributed by atoms with van der Waals surface area (Å²) < 4.78 is 37.4. The maximum atomic E-state index is 12.5. The van der Waals surface area contributed by atoms with Crippen LogP contribution in [0.25, 0.3) is 0 Å². The van der Waals surface area contributed by atoms with Gasteiger partial charge in [0.15, 0.2) is 0 Å². The molecule has 1 atom stereocenters. The first-order chi connectivity index (χ1) is 11.8. The van der Waals surface area contributed by atoms with Gasteiger partial charge in [0.2, 0.25) is 15.9 Å². The van der Waals surface area contributed by atoms with Crippen molar-refractivity contribution in [2.24, 2.45) is 5.92 Å². The summed E-state index contributed by atoms with van der Waals surface area (Å²) in [4.78, 5) is 13.4. The Balaban J connectivity index is 2.03. The van der Waals surface area contributed by atoms with Crippen LogP contribution in [0.15, 0.2) is 17.0 Å². The molecule has 0 spiro atoms. The molecule has 1 aliphatic rings. The molecular formula is C15H20Cl2N2O5S. The summed E-state index contributed by atoms with van der Waals surface area (Å²) in [7, 11) is -0.876. The molecule has 25 heavy (non-hydrogen) atoms. The number of hydrogen-bond donors (Lipinski definition) is 1. The van der Waals surface area contributed by atoms with E-state index in [1.165, 1.54) is 19.2 Å². The van der Waals surface area contributed by atoms with Crippen LogP contribution >= 0.6 is 23.2 Å². The fraction of sp³-hybridized carbons (Fsp3) is 0.533. The first kappa shape index (κ1) is 20.3. The van der Waals surface area contributed by atoms with Gasteiger partial charge in [-0.15, -0.1) is 0 Å². The highest BCUT2D eigenvalue weighted by Gasteiger charge is 2.30. The molecule has 10 heteroatoms. The van der Waals surface area contributed by atoms with Gasteiger partial charge in [0.05, 0.1) is 23.8 Å². The van der Waals surface area contributed by atoms with E-state index >= 15 is 0 Å². The van der Waals surface area contributed by atoms with Crippen LogP contribution in [0.4, 0.5) is 0 Å². The fourth-order valence-corrected chi connectivity index (χ4v) is 4.55. The van der Waals surface area contributed by atoms with Crippen LogP contribution < -0.4 is 9.46 Å². The lowest BCUT2D eigenvalue weighted by molar-refractivity contribution is -0.128. The summed E-state index contributed by atoms with van der Waals surface area (Å²) >= 11 is 12.0. The van der Waals surface area contributed by atoms with E-state index in [1.807, 2.05) is 0 Å².